The van der Waals surface area contributed by atoms with Gasteiger partial charge in [0.25, 0.3) is 0 Å². The van der Waals surface area contributed by atoms with E-state index in [4.69, 9.17) is 4.42 Å². The van der Waals surface area contributed by atoms with E-state index >= 15 is 0 Å². The molecule has 6 heteroatoms. The molecule has 0 saturated heterocycles. The smallest absolute Gasteiger partial charge is 0.347 e. The Hall–Kier alpha value is -2.73. The summed E-state index contributed by atoms with van der Waals surface area (Å²) in [5.74, 6) is -0.268. The minimum atomic E-state index is -0.598. The molecule has 0 amide bonds. The minimum absolute atomic E-state index is 0. The molecule has 0 unspecified atom stereocenters. The van der Waals surface area contributed by atoms with Gasteiger partial charge in [-0.15, -0.1) is 0 Å². The summed E-state index contributed by atoms with van der Waals surface area (Å²) in [5.41, 5.74) is 1.93. The van der Waals surface area contributed by atoms with Crippen LogP contribution < -0.4 is 27.2 Å². The van der Waals surface area contributed by atoms with Crippen molar-refractivity contribution < 1.29 is 30.8 Å². The van der Waals surface area contributed by atoms with E-state index in [9.17, 15) is 9.59 Å². The summed E-state index contributed by atoms with van der Waals surface area (Å²) in [6, 6.07) is 16.6. The highest BCUT2D eigenvalue weighted by molar-refractivity contribution is 5.98. The predicted octanol–water partition coefficient (Wildman–Crippen LogP) is -0.541. The molecule has 0 spiro atoms. The minimum Gasteiger partial charge on any atom is -1.00 e. The van der Waals surface area contributed by atoms with Gasteiger partial charge in [0.1, 0.15) is 11.1 Å². The summed E-state index contributed by atoms with van der Waals surface area (Å²) < 4.78 is 9.04. The SMILES string of the molecule is C[n+]1cn(CC(=O)c2cc3ccccc3oc2=O)c2ccccc21.[Br-]. The number of rotatable bonds is 3. The van der Waals surface area contributed by atoms with Crippen molar-refractivity contribution in [3.05, 3.63) is 76.9 Å². The highest BCUT2D eigenvalue weighted by Gasteiger charge is 2.20. The molecular formula is C19H15BrN2O3. The lowest BCUT2D eigenvalue weighted by molar-refractivity contribution is -0.645. The van der Waals surface area contributed by atoms with Gasteiger partial charge in [0.15, 0.2) is 17.6 Å². The van der Waals surface area contributed by atoms with Gasteiger partial charge in [-0.3, -0.25) is 4.79 Å². The van der Waals surface area contributed by atoms with Crippen molar-refractivity contribution in [3.63, 3.8) is 0 Å². The van der Waals surface area contributed by atoms with E-state index in [0.717, 1.165) is 16.4 Å². The normalized spacial score (nSPS) is 10.8. The number of hydrogen-bond acceptors (Lipinski definition) is 3. The Morgan fingerprint density at radius 3 is 2.68 bits per heavy atom. The van der Waals surface area contributed by atoms with Crippen molar-refractivity contribution in [1.29, 1.82) is 0 Å². The van der Waals surface area contributed by atoms with Gasteiger partial charge in [0, 0.05) is 5.39 Å². The molecular weight excluding hydrogens is 384 g/mol. The van der Waals surface area contributed by atoms with Crippen molar-refractivity contribution in [2.24, 2.45) is 7.05 Å². The Bertz CT molecular complexity index is 1140. The van der Waals surface area contributed by atoms with Crippen LogP contribution in [0.3, 0.4) is 0 Å². The quantitative estimate of drug-likeness (QED) is 0.264. The van der Waals surface area contributed by atoms with Crippen LogP contribution in [0.1, 0.15) is 10.4 Å². The molecule has 5 nitrogen and oxygen atoms in total. The first-order valence-electron chi connectivity index (χ1n) is 7.63. The Balaban J connectivity index is 0.00000182. The summed E-state index contributed by atoms with van der Waals surface area (Å²) in [7, 11) is 1.92. The number of hydrogen-bond donors (Lipinski definition) is 0. The van der Waals surface area contributed by atoms with Crippen LogP contribution in [0.4, 0.5) is 0 Å². The van der Waals surface area contributed by atoms with Crippen LogP contribution in [-0.4, -0.2) is 10.4 Å². The fraction of sp³-hybridized carbons (Fsp3) is 0.105. The molecule has 0 aliphatic carbocycles. The van der Waals surface area contributed by atoms with Gasteiger partial charge in [0.2, 0.25) is 12.1 Å². The Kier molecular flexibility index (Phi) is 4.55. The van der Waals surface area contributed by atoms with Crippen LogP contribution in [-0.2, 0) is 13.6 Å². The Morgan fingerprint density at radius 1 is 1.12 bits per heavy atom. The van der Waals surface area contributed by atoms with Gasteiger partial charge in [0.05, 0.1) is 7.05 Å². The van der Waals surface area contributed by atoms with E-state index < -0.39 is 5.63 Å². The lowest BCUT2D eigenvalue weighted by Gasteiger charge is -2.01. The number of para-hydroxylation sites is 3. The maximum absolute atomic E-state index is 12.6. The van der Waals surface area contributed by atoms with Crippen LogP contribution in [0.5, 0.6) is 0 Å². The van der Waals surface area contributed by atoms with Crippen LogP contribution >= 0.6 is 0 Å². The fourth-order valence-corrected chi connectivity index (χ4v) is 2.96. The van der Waals surface area contributed by atoms with Crippen LogP contribution in [0.25, 0.3) is 22.0 Å². The first-order valence-corrected chi connectivity index (χ1v) is 7.63. The highest BCUT2D eigenvalue weighted by atomic mass is 79.9. The fourth-order valence-electron chi connectivity index (χ4n) is 2.96. The van der Waals surface area contributed by atoms with E-state index in [-0.39, 0.29) is 34.9 Å². The van der Waals surface area contributed by atoms with Crippen LogP contribution in [0.2, 0.25) is 0 Å². The van der Waals surface area contributed by atoms with E-state index in [2.05, 4.69) is 0 Å². The first-order chi connectivity index (χ1) is 11.6. The second kappa shape index (κ2) is 6.64. The Morgan fingerprint density at radius 2 is 1.84 bits per heavy atom. The second-order valence-corrected chi connectivity index (χ2v) is 5.75. The summed E-state index contributed by atoms with van der Waals surface area (Å²) in [6.07, 6.45) is 1.85. The first kappa shape index (κ1) is 17.1. The van der Waals surface area contributed by atoms with E-state index in [1.165, 1.54) is 0 Å². The lowest BCUT2D eigenvalue weighted by Crippen LogP contribution is -3.00. The van der Waals surface area contributed by atoms with Gasteiger partial charge >= 0.3 is 5.63 Å². The third kappa shape index (κ3) is 3.00. The van der Waals surface area contributed by atoms with Gasteiger partial charge in [-0.2, -0.15) is 0 Å². The number of benzene rings is 2. The number of fused-ring (bicyclic) bond motifs is 2. The molecule has 25 heavy (non-hydrogen) atoms. The molecule has 0 aliphatic rings. The van der Waals surface area contributed by atoms with Crippen molar-refractivity contribution in [3.8, 4) is 0 Å². The van der Waals surface area contributed by atoms with E-state index in [0.29, 0.717) is 5.58 Å². The van der Waals surface area contributed by atoms with E-state index in [1.807, 2.05) is 58.9 Å². The largest absolute Gasteiger partial charge is 1.00 e. The van der Waals surface area contributed by atoms with Crippen molar-refractivity contribution in [2.75, 3.05) is 0 Å². The number of ketones is 1. The average molecular weight is 399 g/mol. The molecule has 0 bridgehead atoms. The maximum Gasteiger partial charge on any atom is 0.347 e. The number of carbonyl (C=O) groups excluding carboxylic acids is 1. The topological polar surface area (TPSA) is 56.1 Å². The van der Waals surface area contributed by atoms with Crippen LogP contribution in [0.15, 0.2) is 70.1 Å². The molecule has 126 valence electrons. The van der Waals surface area contributed by atoms with Gasteiger partial charge in [-0.05, 0) is 24.3 Å². The van der Waals surface area contributed by atoms with Crippen molar-refractivity contribution >= 4 is 27.8 Å². The molecule has 2 aromatic heterocycles. The number of nitrogens with zero attached hydrogens (tertiary/aromatic N) is 2. The third-order valence-corrected chi connectivity index (χ3v) is 4.14. The molecule has 2 aromatic carbocycles. The predicted molar refractivity (Wildman–Crippen MR) is 89.9 cm³/mol. The van der Waals surface area contributed by atoms with Gasteiger partial charge in [-0.1, -0.05) is 30.3 Å². The zero-order valence-electron chi connectivity index (χ0n) is 13.5. The summed E-state index contributed by atoms with van der Waals surface area (Å²) in [4.78, 5) is 24.8. The molecule has 0 atom stereocenters. The van der Waals surface area contributed by atoms with E-state index in [1.54, 1.807) is 18.2 Å². The molecule has 0 saturated carbocycles. The number of Topliss-reactive ketones (excluding diaryl/α,β-unsaturated/α-hetero) is 1. The molecule has 0 fully saturated rings. The molecule has 4 rings (SSSR count). The monoisotopic (exact) mass is 398 g/mol. The number of halogens is 1. The molecule has 0 radical (unpaired) electrons. The van der Waals surface area contributed by atoms with Gasteiger partial charge in [-0.25, -0.2) is 13.9 Å². The standard InChI is InChI=1S/C19H15N2O3.BrH/c1-20-12-21(16-8-4-3-7-15(16)20)11-17(22)14-10-13-6-2-5-9-18(13)24-19(14)23;/h2-10,12H,11H2,1H3;1H/q+1;/p-1. The molecule has 0 N–H and O–H groups in total. The second-order valence-electron chi connectivity index (χ2n) is 5.75. The lowest BCUT2D eigenvalue weighted by atomic mass is 10.1. The molecule has 4 aromatic rings. The Labute approximate surface area is 153 Å². The highest BCUT2D eigenvalue weighted by Crippen LogP contribution is 2.15. The average Bonchev–Trinajstić information content (AvgIpc) is 2.90. The number of aryl methyl sites for hydroxylation is 1. The van der Waals surface area contributed by atoms with Gasteiger partial charge < -0.3 is 21.4 Å². The maximum atomic E-state index is 12.6. The number of imidazole rings is 1. The summed E-state index contributed by atoms with van der Waals surface area (Å²) >= 11 is 0. The summed E-state index contributed by atoms with van der Waals surface area (Å²) in [6.45, 7) is 0.0878. The zero-order chi connectivity index (χ0) is 16.7. The number of carbonyl (C=O) groups is 1. The third-order valence-electron chi connectivity index (χ3n) is 4.14. The van der Waals surface area contributed by atoms with Crippen molar-refractivity contribution in [2.45, 2.75) is 6.54 Å². The van der Waals surface area contributed by atoms with Crippen LogP contribution in [0, 0.1) is 0 Å². The molecule has 0 aliphatic heterocycles. The number of aromatic nitrogens is 2. The zero-order valence-corrected chi connectivity index (χ0v) is 15.1. The summed E-state index contributed by atoms with van der Waals surface area (Å²) in [5, 5.41) is 0.739. The van der Waals surface area contributed by atoms with Crippen molar-refractivity contribution in [1.82, 2.24) is 4.57 Å². The molecule has 2 heterocycles.